The van der Waals surface area contributed by atoms with Crippen LogP contribution in [0.25, 0.3) is 0 Å². The number of aliphatic imine (C=N–C) groups is 1. The quantitative estimate of drug-likeness (QED) is 0.317. The molecule has 1 aromatic carbocycles. The summed E-state index contributed by atoms with van der Waals surface area (Å²) in [4.78, 5) is 7.53. The molecule has 27 heavy (non-hydrogen) atoms. The highest BCUT2D eigenvalue weighted by molar-refractivity contribution is 7.99. The van der Waals surface area contributed by atoms with Crippen LogP contribution in [0.4, 0.5) is 4.39 Å². The van der Waals surface area contributed by atoms with Crippen LogP contribution in [0.5, 0.6) is 0 Å². The van der Waals surface area contributed by atoms with Crippen molar-refractivity contribution in [2.24, 2.45) is 4.99 Å². The molecule has 0 spiro atoms. The molecule has 2 heterocycles. The summed E-state index contributed by atoms with van der Waals surface area (Å²) in [5.41, 5.74) is 1.41. The van der Waals surface area contributed by atoms with Gasteiger partial charge in [0.1, 0.15) is 5.82 Å². The average molecular weight is 407 g/mol. The molecule has 0 atom stereocenters. The molecule has 0 unspecified atom stereocenters. The predicted octanol–water partition coefficient (Wildman–Crippen LogP) is 3.81. The first kappa shape index (κ1) is 20.2. The van der Waals surface area contributed by atoms with Crippen LogP contribution in [0.15, 0.2) is 51.0 Å². The van der Waals surface area contributed by atoms with E-state index in [-0.39, 0.29) is 5.82 Å². The van der Waals surface area contributed by atoms with Crippen molar-refractivity contribution in [2.75, 3.05) is 32.4 Å². The maximum Gasteiger partial charge on any atom is 0.191 e. The summed E-state index contributed by atoms with van der Waals surface area (Å²) in [6.07, 6.45) is 2.24. The van der Waals surface area contributed by atoms with Gasteiger partial charge in [0.2, 0.25) is 0 Å². The Labute approximate surface area is 169 Å². The Morgan fingerprint density at radius 2 is 2.11 bits per heavy atom. The summed E-state index contributed by atoms with van der Waals surface area (Å²) in [6.45, 7) is 4.01. The third-order valence-electron chi connectivity index (χ3n) is 4.63. The third kappa shape index (κ3) is 6.52. The molecule has 3 rings (SSSR count). The van der Waals surface area contributed by atoms with E-state index in [2.05, 4.69) is 37.4 Å². The highest BCUT2D eigenvalue weighted by Crippen LogP contribution is 2.20. The lowest BCUT2D eigenvalue weighted by Gasteiger charge is -2.32. The highest BCUT2D eigenvalue weighted by Gasteiger charge is 2.20. The van der Waals surface area contributed by atoms with Crippen LogP contribution in [-0.2, 0) is 6.54 Å². The Morgan fingerprint density at radius 3 is 2.81 bits per heavy atom. The van der Waals surface area contributed by atoms with Crippen molar-refractivity contribution in [1.82, 2.24) is 15.5 Å². The first-order chi connectivity index (χ1) is 13.2. The zero-order chi connectivity index (χ0) is 18.9. The van der Waals surface area contributed by atoms with Gasteiger partial charge in [0.05, 0.1) is 0 Å². The van der Waals surface area contributed by atoms with Gasteiger partial charge < -0.3 is 10.6 Å². The second-order valence-electron chi connectivity index (χ2n) is 6.60. The number of piperidine rings is 1. The number of thioether (sulfide) groups is 1. The van der Waals surface area contributed by atoms with Gasteiger partial charge in [-0.15, -0.1) is 11.8 Å². The van der Waals surface area contributed by atoms with Crippen LogP contribution in [0.3, 0.4) is 0 Å². The molecule has 7 heteroatoms. The lowest BCUT2D eigenvalue weighted by atomic mass is 10.0. The van der Waals surface area contributed by atoms with Crippen LogP contribution >= 0.6 is 23.1 Å². The summed E-state index contributed by atoms with van der Waals surface area (Å²) in [7, 11) is 1.80. The smallest absolute Gasteiger partial charge is 0.191 e. The van der Waals surface area contributed by atoms with Gasteiger partial charge in [0, 0.05) is 49.9 Å². The molecule has 2 aromatic rings. The fraction of sp³-hybridized carbons (Fsp3) is 0.450. The number of likely N-dealkylation sites (tertiary alicyclic amines) is 1. The Kier molecular flexibility index (Phi) is 7.98. The van der Waals surface area contributed by atoms with E-state index >= 15 is 0 Å². The largest absolute Gasteiger partial charge is 0.356 e. The molecule has 146 valence electrons. The number of hydrogen-bond donors (Lipinski definition) is 2. The molecule has 1 aliphatic rings. The van der Waals surface area contributed by atoms with E-state index in [1.54, 1.807) is 24.5 Å². The van der Waals surface area contributed by atoms with Crippen molar-refractivity contribution < 1.29 is 4.39 Å². The SMILES string of the molecule is CN=C(NCCSc1ccccc1F)NC1CCN(Cc2ccsc2)CC1. The van der Waals surface area contributed by atoms with Crippen molar-refractivity contribution in [3.05, 3.63) is 52.5 Å². The van der Waals surface area contributed by atoms with Crippen molar-refractivity contribution in [3.63, 3.8) is 0 Å². The Morgan fingerprint density at radius 1 is 1.30 bits per heavy atom. The normalized spacial score (nSPS) is 16.4. The fourth-order valence-corrected chi connectivity index (χ4v) is 4.62. The number of nitrogens with one attached hydrogen (secondary N) is 2. The van der Waals surface area contributed by atoms with E-state index in [1.807, 2.05) is 12.1 Å². The van der Waals surface area contributed by atoms with E-state index in [0.717, 1.165) is 50.7 Å². The number of hydrogen-bond acceptors (Lipinski definition) is 4. The number of nitrogens with zero attached hydrogens (tertiary/aromatic N) is 2. The van der Waals surface area contributed by atoms with Gasteiger partial charge in [0.15, 0.2) is 5.96 Å². The minimum atomic E-state index is -0.154. The van der Waals surface area contributed by atoms with E-state index in [9.17, 15) is 4.39 Å². The van der Waals surface area contributed by atoms with Crippen molar-refractivity contribution in [2.45, 2.75) is 30.3 Å². The third-order valence-corrected chi connectivity index (χ3v) is 6.41. The van der Waals surface area contributed by atoms with Crippen molar-refractivity contribution >= 4 is 29.1 Å². The topological polar surface area (TPSA) is 39.7 Å². The number of guanidine groups is 1. The van der Waals surface area contributed by atoms with Crippen LogP contribution in [0.1, 0.15) is 18.4 Å². The van der Waals surface area contributed by atoms with Crippen molar-refractivity contribution in [1.29, 1.82) is 0 Å². The molecular weight excluding hydrogens is 379 g/mol. The molecule has 1 fully saturated rings. The molecule has 4 nitrogen and oxygen atoms in total. The molecular formula is C20H27FN4S2. The Bertz CT molecular complexity index is 713. The lowest BCUT2D eigenvalue weighted by Crippen LogP contribution is -2.48. The summed E-state index contributed by atoms with van der Waals surface area (Å²) in [6, 6.07) is 9.56. The fourth-order valence-electron chi connectivity index (χ4n) is 3.16. The van der Waals surface area contributed by atoms with Gasteiger partial charge in [0.25, 0.3) is 0 Å². The Balaban J connectivity index is 1.34. The van der Waals surface area contributed by atoms with Crippen LogP contribution < -0.4 is 10.6 Å². The van der Waals surface area contributed by atoms with Gasteiger partial charge in [-0.3, -0.25) is 9.89 Å². The molecule has 0 saturated carbocycles. The highest BCUT2D eigenvalue weighted by atomic mass is 32.2. The molecule has 1 aromatic heterocycles. The van der Waals surface area contributed by atoms with Gasteiger partial charge >= 0.3 is 0 Å². The van der Waals surface area contributed by atoms with Gasteiger partial charge in [-0.2, -0.15) is 11.3 Å². The number of rotatable bonds is 7. The van der Waals surface area contributed by atoms with Gasteiger partial charge in [-0.1, -0.05) is 12.1 Å². The van der Waals surface area contributed by atoms with E-state index in [1.165, 1.54) is 23.4 Å². The van der Waals surface area contributed by atoms with E-state index in [0.29, 0.717) is 10.9 Å². The number of benzene rings is 1. The van der Waals surface area contributed by atoms with E-state index in [4.69, 9.17) is 0 Å². The predicted molar refractivity (Wildman–Crippen MR) is 114 cm³/mol. The molecule has 0 radical (unpaired) electrons. The van der Waals surface area contributed by atoms with Crippen LogP contribution in [0, 0.1) is 5.82 Å². The zero-order valence-corrected chi connectivity index (χ0v) is 17.3. The summed E-state index contributed by atoms with van der Waals surface area (Å²) in [5.74, 6) is 1.47. The minimum absolute atomic E-state index is 0.154. The second-order valence-corrected chi connectivity index (χ2v) is 8.52. The standard InChI is InChI=1S/C20H27FN4S2/c1-22-20(23-9-13-27-19-5-3-2-4-18(19)21)24-17-6-10-25(11-7-17)14-16-8-12-26-15-16/h2-5,8,12,15,17H,6-7,9-11,13-14H2,1H3,(H2,22,23,24). The molecule has 1 saturated heterocycles. The average Bonchev–Trinajstić information content (AvgIpc) is 3.20. The molecule has 2 N–H and O–H groups in total. The first-order valence-electron chi connectivity index (χ1n) is 9.32. The summed E-state index contributed by atoms with van der Waals surface area (Å²) in [5, 5.41) is 11.2. The maximum absolute atomic E-state index is 13.6. The molecule has 1 aliphatic heterocycles. The van der Waals surface area contributed by atoms with Gasteiger partial charge in [-0.05, 0) is 47.4 Å². The minimum Gasteiger partial charge on any atom is -0.356 e. The van der Waals surface area contributed by atoms with Crippen molar-refractivity contribution in [3.8, 4) is 0 Å². The lowest BCUT2D eigenvalue weighted by molar-refractivity contribution is 0.198. The monoisotopic (exact) mass is 406 g/mol. The molecule has 0 aliphatic carbocycles. The second kappa shape index (κ2) is 10.7. The number of halogens is 1. The van der Waals surface area contributed by atoms with Gasteiger partial charge in [-0.25, -0.2) is 4.39 Å². The summed E-state index contributed by atoms with van der Waals surface area (Å²) >= 11 is 3.28. The summed E-state index contributed by atoms with van der Waals surface area (Å²) < 4.78 is 13.6. The maximum atomic E-state index is 13.6. The number of thiophene rings is 1. The first-order valence-corrected chi connectivity index (χ1v) is 11.3. The zero-order valence-electron chi connectivity index (χ0n) is 15.7. The molecule has 0 bridgehead atoms. The van der Waals surface area contributed by atoms with Crippen LogP contribution in [-0.4, -0.2) is 49.3 Å². The van der Waals surface area contributed by atoms with Crippen LogP contribution in [0.2, 0.25) is 0 Å². The van der Waals surface area contributed by atoms with E-state index < -0.39 is 0 Å². The molecule has 0 amide bonds. The Hall–Kier alpha value is -1.57.